The van der Waals surface area contributed by atoms with Crippen molar-refractivity contribution < 1.29 is 43.5 Å². The molecule has 1 fully saturated rings. The Labute approximate surface area is 257 Å². The van der Waals surface area contributed by atoms with Gasteiger partial charge in [0, 0.05) is 25.6 Å². The zero-order valence-electron chi connectivity index (χ0n) is 24.5. The Morgan fingerprint density at radius 1 is 0.930 bits per heavy atom. The van der Waals surface area contributed by atoms with Gasteiger partial charge in [0.25, 0.3) is 0 Å². The van der Waals surface area contributed by atoms with Crippen LogP contribution in [0.15, 0.2) is 0 Å². The molecular formula is C25H41N7O9S2. The Morgan fingerprint density at radius 3 is 2.07 bits per heavy atom. The fourth-order valence-corrected chi connectivity index (χ4v) is 5.66. The minimum atomic E-state index is -1.48. The average molecular weight is 648 g/mol. The van der Waals surface area contributed by atoms with Crippen molar-refractivity contribution in [2.24, 2.45) is 17.4 Å². The molecule has 1 saturated heterocycles. The number of hydrogen-bond donors (Lipinski definition) is 7. The molecular weight excluding hydrogens is 606 g/mol. The van der Waals surface area contributed by atoms with E-state index in [9.17, 15) is 43.5 Å². The Hall–Kier alpha value is -3.54. The first kappa shape index (κ1) is 37.5. The van der Waals surface area contributed by atoms with Crippen molar-refractivity contribution >= 4 is 68.9 Å². The Bertz CT molecular complexity index is 1080. The van der Waals surface area contributed by atoms with Crippen LogP contribution in [0, 0.1) is 5.92 Å². The summed E-state index contributed by atoms with van der Waals surface area (Å²) in [6.45, 7) is 4.69. The molecule has 0 aromatic carbocycles. The highest BCUT2D eigenvalue weighted by atomic mass is 33.1. The van der Waals surface area contributed by atoms with Crippen LogP contribution in [0.5, 0.6) is 0 Å². The van der Waals surface area contributed by atoms with Crippen molar-refractivity contribution in [2.45, 2.75) is 83.1 Å². The van der Waals surface area contributed by atoms with Gasteiger partial charge < -0.3 is 42.7 Å². The first-order valence-corrected chi connectivity index (χ1v) is 16.2. The second kappa shape index (κ2) is 18.2. The van der Waals surface area contributed by atoms with Crippen molar-refractivity contribution in [2.75, 3.05) is 18.6 Å². The summed E-state index contributed by atoms with van der Waals surface area (Å²) in [4.78, 5) is 100. The summed E-state index contributed by atoms with van der Waals surface area (Å²) in [6.07, 6.45) is 0.966. The minimum Gasteiger partial charge on any atom is -0.481 e. The molecule has 0 aromatic rings. The van der Waals surface area contributed by atoms with Gasteiger partial charge in [-0.2, -0.15) is 0 Å². The number of nitrogens with two attached hydrogens (primary N) is 2. The number of carboxylic acid groups (broad SMARTS) is 1. The highest BCUT2D eigenvalue weighted by Gasteiger charge is 2.40. The number of nitrogens with zero attached hydrogens (tertiary/aromatic N) is 1. The lowest BCUT2D eigenvalue weighted by molar-refractivity contribution is -0.144. The van der Waals surface area contributed by atoms with Gasteiger partial charge in [-0.25, -0.2) is 0 Å². The van der Waals surface area contributed by atoms with Gasteiger partial charge >= 0.3 is 5.97 Å². The molecule has 0 radical (unpaired) electrons. The quantitative estimate of drug-likeness (QED) is 0.0787. The van der Waals surface area contributed by atoms with Gasteiger partial charge in [0.1, 0.15) is 30.2 Å². The summed E-state index contributed by atoms with van der Waals surface area (Å²) in [5.41, 5.74) is 10.6. The molecule has 18 heteroatoms. The smallest absolute Gasteiger partial charge is 0.303 e. The summed E-state index contributed by atoms with van der Waals surface area (Å²) in [7, 11) is 2.60. The highest BCUT2D eigenvalue weighted by molar-refractivity contribution is 8.76. The molecule has 1 heterocycles. The van der Waals surface area contributed by atoms with Crippen LogP contribution >= 0.6 is 21.6 Å². The first-order valence-electron chi connectivity index (χ1n) is 13.5. The van der Waals surface area contributed by atoms with E-state index in [4.69, 9.17) is 11.5 Å². The molecule has 9 N–H and O–H groups in total. The molecule has 0 saturated carbocycles. The maximum atomic E-state index is 13.6. The van der Waals surface area contributed by atoms with Crippen molar-refractivity contribution in [3.05, 3.63) is 0 Å². The molecule has 5 atom stereocenters. The third kappa shape index (κ3) is 12.7. The number of carboxylic acids is 1. The summed E-state index contributed by atoms with van der Waals surface area (Å²) < 4.78 is 0. The van der Waals surface area contributed by atoms with E-state index in [1.54, 1.807) is 20.1 Å². The molecule has 7 amide bonds. The molecule has 1 aliphatic rings. The molecule has 1 rings (SSSR count). The summed E-state index contributed by atoms with van der Waals surface area (Å²) in [5, 5.41) is 19.0. The topological polar surface area (TPSA) is 260 Å². The molecule has 1 aliphatic heterocycles. The van der Waals surface area contributed by atoms with Crippen molar-refractivity contribution in [3.8, 4) is 0 Å². The van der Waals surface area contributed by atoms with E-state index >= 15 is 0 Å². The number of rotatable bonds is 18. The average Bonchev–Trinajstić information content (AvgIpc) is 3.40. The van der Waals surface area contributed by atoms with E-state index < -0.39 is 90.4 Å². The number of carbonyl (C=O) groups excluding carboxylic acids is 7. The highest BCUT2D eigenvalue weighted by Crippen LogP contribution is 2.21. The van der Waals surface area contributed by atoms with Crippen LogP contribution in [0.1, 0.15) is 52.9 Å². The molecule has 0 bridgehead atoms. The van der Waals surface area contributed by atoms with E-state index in [0.717, 1.165) is 0 Å². The van der Waals surface area contributed by atoms with Gasteiger partial charge in [-0.3, -0.25) is 38.4 Å². The van der Waals surface area contributed by atoms with Crippen LogP contribution in [0.25, 0.3) is 0 Å². The number of amides is 7. The number of likely N-dealkylation sites (tertiary alicyclic amines) is 1. The molecule has 0 aliphatic carbocycles. The minimum absolute atomic E-state index is 0.0952. The SMILES string of the molecule is CSSC[C@H](NC(=O)[C@@H](CC(N)=O)NC(=O)C1CCCN1C(=O)C(CCC(=O)O)NC(=O)C(NC(C)=O)C(C)C)C(N)=O. The van der Waals surface area contributed by atoms with E-state index in [-0.39, 0.29) is 31.1 Å². The van der Waals surface area contributed by atoms with E-state index in [2.05, 4.69) is 21.3 Å². The van der Waals surface area contributed by atoms with Gasteiger partial charge in [-0.15, -0.1) is 0 Å². The van der Waals surface area contributed by atoms with Crippen LogP contribution in [0.4, 0.5) is 0 Å². The monoisotopic (exact) mass is 647 g/mol. The van der Waals surface area contributed by atoms with Crippen molar-refractivity contribution in [3.63, 3.8) is 0 Å². The normalized spacial score (nSPS) is 17.2. The van der Waals surface area contributed by atoms with Gasteiger partial charge in [-0.05, 0) is 31.4 Å². The standard InChI is InChI=1S/C25H41N7O9S2/c1-12(2)20(28-13(3)33)24(40)29-14(7-8-19(35)36)25(41)32-9-5-6-17(32)23(39)30-15(10-18(26)34)22(38)31-16(21(27)37)11-43-42-4/h12,14-17,20H,5-11H2,1-4H3,(H2,26,34)(H2,27,37)(H,28,33)(H,29,40)(H,30,39)(H,31,38)(H,35,36)/t14?,15-,16+,17?,20?/m1/s1. The lowest BCUT2D eigenvalue weighted by atomic mass is 10.0. The van der Waals surface area contributed by atoms with E-state index in [0.29, 0.717) is 6.42 Å². The van der Waals surface area contributed by atoms with Gasteiger partial charge in [0.05, 0.1) is 6.42 Å². The second-order valence-electron chi connectivity index (χ2n) is 10.3. The van der Waals surface area contributed by atoms with E-state index in [1.807, 2.05) is 0 Å². The van der Waals surface area contributed by atoms with E-state index in [1.165, 1.54) is 33.4 Å². The fourth-order valence-electron chi connectivity index (χ4n) is 4.33. The van der Waals surface area contributed by atoms with Gasteiger partial charge in [0.2, 0.25) is 41.4 Å². The van der Waals surface area contributed by atoms with Gasteiger partial charge in [-0.1, -0.05) is 35.4 Å². The van der Waals surface area contributed by atoms with Crippen LogP contribution in [0.2, 0.25) is 0 Å². The van der Waals surface area contributed by atoms with Crippen LogP contribution < -0.4 is 32.7 Å². The summed E-state index contributed by atoms with van der Waals surface area (Å²) in [5.74, 6) is -6.73. The lowest BCUT2D eigenvalue weighted by Gasteiger charge is -2.31. The summed E-state index contributed by atoms with van der Waals surface area (Å²) in [6, 6.07) is -6.01. The van der Waals surface area contributed by atoms with Crippen LogP contribution in [0.3, 0.4) is 0 Å². The molecule has 0 spiro atoms. The number of carbonyl (C=O) groups is 8. The molecule has 3 unspecified atom stereocenters. The lowest BCUT2D eigenvalue weighted by Crippen LogP contribution is -2.59. The van der Waals surface area contributed by atoms with Crippen LogP contribution in [-0.2, 0) is 38.4 Å². The summed E-state index contributed by atoms with van der Waals surface area (Å²) >= 11 is 0. The largest absolute Gasteiger partial charge is 0.481 e. The molecule has 16 nitrogen and oxygen atoms in total. The zero-order valence-corrected chi connectivity index (χ0v) is 26.2. The predicted molar refractivity (Wildman–Crippen MR) is 159 cm³/mol. The zero-order chi connectivity index (χ0) is 32.9. The Kier molecular flexibility index (Phi) is 15.9. The van der Waals surface area contributed by atoms with Crippen molar-refractivity contribution in [1.29, 1.82) is 0 Å². The van der Waals surface area contributed by atoms with Gasteiger partial charge in [0.15, 0.2) is 0 Å². The second-order valence-corrected chi connectivity index (χ2v) is 12.9. The third-order valence-electron chi connectivity index (χ3n) is 6.46. The van der Waals surface area contributed by atoms with Crippen LogP contribution in [-0.4, -0.2) is 106 Å². The number of hydrogen-bond acceptors (Lipinski definition) is 10. The third-order valence-corrected chi connectivity index (χ3v) is 8.28. The molecule has 0 aromatic heterocycles. The molecule has 43 heavy (non-hydrogen) atoms. The first-order chi connectivity index (χ1) is 20.1. The molecule has 242 valence electrons. The Balaban J connectivity index is 3.16. The van der Waals surface area contributed by atoms with Crippen molar-refractivity contribution in [1.82, 2.24) is 26.2 Å². The number of aliphatic carboxylic acids is 1. The Morgan fingerprint density at radius 2 is 1.56 bits per heavy atom. The maximum absolute atomic E-state index is 13.6. The number of nitrogens with one attached hydrogen (secondary N) is 4. The predicted octanol–water partition coefficient (Wildman–Crippen LogP) is -2.17. The fraction of sp³-hybridized carbons (Fsp3) is 0.680. The maximum Gasteiger partial charge on any atom is 0.303 e. The number of primary amides is 2.